The van der Waals surface area contributed by atoms with Crippen molar-refractivity contribution in [2.45, 2.75) is 25.2 Å². The number of rotatable bonds is 9. The second-order valence-corrected chi connectivity index (χ2v) is 8.04. The van der Waals surface area contributed by atoms with Crippen LogP contribution in [0.2, 0.25) is 0 Å². The Morgan fingerprint density at radius 3 is 2.28 bits per heavy atom. The standard InChI is InChI=1S/C20H27FN4O2S.HI/c1-3-22-20(23-13-12-17-6-8-18(21)9-7-17)24-14-15-25-28(26,27)19-10-4-16(2)5-11-19;/h4-11,25H,3,12-15H2,1-2H3,(H2,22,23,24);1H. The van der Waals surface area contributed by atoms with E-state index in [9.17, 15) is 12.8 Å². The number of hydrogen-bond donors (Lipinski definition) is 3. The van der Waals surface area contributed by atoms with Crippen molar-refractivity contribution in [2.75, 3.05) is 26.2 Å². The summed E-state index contributed by atoms with van der Waals surface area (Å²) in [6.45, 7) is 5.69. The maximum Gasteiger partial charge on any atom is 0.240 e. The summed E-state index contributed by atoms with van der Waals surface area (Å²) in [5, 5.41) is 6.30. The van der Waals surface area contributed by atoms with E-state index >= 15 is 0 Å². The molecular formula is C20H28FIN4O2S. The minimum absolute atomic E-state index is 0. The number of nitrogens with zero attached hydrogens (tertiary/aromatic N) is 1. The van der Waals surface area contributed by atoms with Crippen LogP contribution in [0.5, 0.6) is 0 Å². The Morgan fingerprint density at radius 1 is 1.00 bits per heavy atom. The zero-order chi connectivity index (χ0) is 20.4. The van der Waals surface area contributed by atoms with Crippen LogP contribution in [0.25, 0.3) is 0 Å². The third-order valence-electron chi connectivity index (χ3n) is 3.97. The van der Waals surface area contributed by atoms with E-state index in [0.29, 0.717) is 25.6 Å². The highest BCUT2D eigenvalue weighted by molar-refractivity contribution is 14.0. The van der Waals surface area contributed by atoms with Gasteiger partial charge in [0.05, 0.1) is 11.4 Å². The van der Waals surface area contributed by atoms with Crippen LogP contribution in [0.15, 0.2) is 58.4 Å². The fraction of sp³-hybridized carbons (Fsp3) is 0.350. The van der Waals surface area contributed by atoms with Crippen LogP contribution in [0.4, 0.5) is 4.39 Å². The normalized spacial score (nSPS) is 11.6. The van der Waals surface area contributed by atoms with E-state index < -0.39 is 10.0 Å². The summed E-state index contributed by atoms with van der Waals surface area (Å²) >= 11 is 0. The van der Waals surface area contributed by atoms with Crippen LogP contribution in [-0.2, 0) is 16.4 Å². The molecule has 0 radical (unpaired) electrons. The van der Waals surface area contributed by atoms with Gasteiger partial charge in [0.25, 0.3) is 0 Å². The molecule has 9 heteroatoms. The van der Waals surface area contributed by atoms with Gasteiger partial charge in [0.2, 0.25) is 10.0 Å². The first-order valence-electron chi connectivity index (χ1n) is 9.23. The molecule has 0 spiro atoms. The van der Waals surface area contributed by atoms with E-state index in [1.807, 2.05) is 13.8 Å². The largest absolute Gasteiger partial charge is 0.357 e. The van der Waals surface area contributed by atoms with E-state index in [1.54, 1.807) is 36.4 Å². The molecule has 0 fully saturated rings. The molecule has 29 heavy (non-hydrogen) atoms. The van der Waals surface area contributed by atoms with Gasteiger partial charge in [0, 0.05) is 19.6 Å². The molecule has 2 rings (SSSR count). The van der Waals surface area contributed by atoms with Crippen LogP contribution in [0.3, 0.4) is 0 Å². The van der Waals surface area contributed by atoms with Gasteiger partial charge in [-0.3, -0.25) is 4.99 Å². The number of guanidine groups is 1. The Bertz CT molecular complexity index is 872. The minimum atomic E-state index is -3.53. The van der Waals surface area contributed by atoms with Crippen LogP contribution in [0.1, 0.15) is 18.1 Å². The van der Waals surface area contributed by atoms with E-state index in [4.69, 9.17) is 0 Å². The van der Waals surface area contributed by atoms with E-state index in [-0.39, 0.29) is 41.2 Å². The lowest BCUT2D eigenvalue weighted by Gasteiger charge is -2.11. The Balaban J connectivity index is 0.00000420. The molecule has 0 aliphatic rings. The molecule has 3 N–H and O–H groups in total. The second kappa shape index (κ2) is 12.8. The SMILES string of the molecule is CCNC(=NCCNS(=O)(=O)c1ccc(C)cc1)NCCc1ccc(F)cc1.I. The van der Waals surface area contributed by atoms with Crippen molar-refractivity contribution in [1.29, 1.82) is 0 Å². The molecule has 2 aromatic rings. The smallest absolute Gasteiger partial charge is 0.240 e. The molecule has 0 aromatic heterocycles. The number of aryl methyl sites for hydroxylation is 1. The lowest BCUT2D eigenvalue weighted by molar-refractivity contribution is 0.582. The Morgan fingerprint density at radius 2 is 1.66 bits per heavy atom. The third-order valence-corrected chi connectivity index (χ3v) is 5.45. The molecule has 0 amide bonds. The lowest BCUT2D eigenvalue weighted by Crippen LogP contribution is -2.39. The van der Waals surface area contributed by atoms with Gasteiger partial charge in [0.1, 0.15) is 5.82 Å². The molecule has 6 nitrogen and oxygen atoms in total. The summed E-state index contributed by atoms with van der Waals surface area (Å²) in [4.78, 5) is 4.62. The van der Waals surface area contributed by atoms with Gasteiger partial charge in [-0.15, -0.1) is 24.0 Å². The summed E-state index contributed by atoms with van der Waals surface area (Å²) in [5.74, 6) is 0.360. The van der Waals surface area contributed by atoms with Crippen LogP contribution in [-0.4, -0.2) is 40.6 Å². The number of benzene rings is 2. The van der Waals surface area contributed by atoms with Crippen molar-refractivity contribution >= 4 is 40.0 Å². The summed E-state index contributed by atoms with van der Waals surface area (Å²) in [6.07, 6.45) is 0.727. The summed E-state index contributed by atoms with van der Waals surface area (Å²) < 4.78 is 40.0. The van der Waals surface area contributed by atoms with Gasteiger partial charge in [-0.05, 0) is 50.1 Å². The van der Waals surface area contributed by atoms with Crippen molar-refractivity contribution in [3.63, 3.8) is 0 Å². The minimum Gasteiger partial charge on any atom is -0.357 e. The van der Waals surface area contributed by atoms with Gasteiger partial charge >= 0.3 is 0 Å². The fourth-order valence-electron chi connectivity index (χ4n) is 2.47. The second-order valence-electron chi connectivity index (χ2n) is 6.27. The number of sulfonamides is 1. The first-order chi connectivity index (χ1) is 13.4. The van der Waals surface area contributed by atoms with Gasteiger partial charge in [-0.1, -0.05) is 29.8 Å². The first kappa shape index (κ1) is 25.3. The highest BCUT2D eigenvalue weighted by atomic mass is 127. The van der Waals surface area contributed by atoms with Crippen molar-refractivity contribution in [2.24, 2.45) is 4.99 Å². The van der Waals surface area contributed by atoms with Crippen LogP contribution in [0, 0.1) is 12.7 Å². The quantitative estimate of drug-likeness (QED) is 0.200. The van der Waals surface area contributed by atoms with Gasteiger partial charge in [-0.25, -0.2) is 17.5 Å². The van der Waals surface area contributed by atoms with Crippen molar-refractivity contribution < 1.29 is 12.8 Å². The molecule has 2 aromatic carbocycles. The fourth-order valence-corrected chi connectivity index (χ4v) is 3.49. The monoisotopic (exact) mass is 534 g/mol. The molecule has 160 valence electrons. The van der Waals surface area contributed by atoms with Gasteiger partial charge in [-0.2, -0.15) is 0 Å². The molecule has 0 bridgehead atoms. The Hall–Kier alpha value is -1.72. The highest BCUT2D eigenvalue weighted by Gasteiger charge is 2.12. The van der Waals surface area contributed by atoms with Crippen molar-refractivity contribution in [1.82, 2.24) is 15.4 Å². The predicted molar refractivity (Wildman–Crippen MR) is 126 cm³/mol. The van der Waals surface area contributed by atoms with Crippen LogP contribution < -0.4 is 15.4 Å². The zero-order valence-electron chi connectivity index (χ0n) is 16.6. The predicted octanol–water partition coefficient (Wildman–Crippen LogP) is 2.83. The van der Waals surface area contributed by atoms with Crippen molar-refractivity contribution in [3.8, 4) is 0 Å². The lowest BCUT2D eigenvalue weighted by atomic mass is 10.1. The number of nitrogens with one attached hydrogen (secondary N) is 3. The Kier molecular flexibility index (Phi) is 11.1. The molecular weight excluding hydrogens is 506 g/mol. The number of halogens is 2. The third kappa shape index (κ3) is 9.09. The van der Waals surface area contributed by atoms with Crippen LogP contribution >= 0.6 is 24.0 Å². The Labute approximate surface area is 189 Å². The highest BCUT2D eigenvalue weighted by Crippen LogP contribution is 2.09. The molecule has 0 atom stereocenters. The molecule has 0 aliphatic heterocycles. The molecule has 0 saturated heterocycles. The van der Waals surface area contributed by atoms with E-state index in [2.05, 4.69) is 20.3 Å². The average Bonchev–Trinajstić information content (AvgIpc) is 2.67. The number of hydrogen-bond acceptors (Lipinski definition) is 3. The summed E-state index contributed by atoms with van der Waals surface area (Å²) in [7, 11) is -3.53. The van der Waals surface area contributed by atoms with E-state index in [0.717, 1.165) is 17.5 Å². The number of aliphatic imine (C=N–C) groups is 1. The van der Waals surface area contributed by atoms with E-state index in [1.165, 1.54) is 12.1 Å². The maximum atomic E-state index is 12.9. The average molecular weight is 534 g/mol. The maximum absolute atomic E-state index is 12.9. The topological polar surface area (TPSA) is 82.6 Å². The van der Waals surface area contributed by atoms with Gasteiger partial charge in [0.15, 0.2) is 5.96 Å². The van der Waals surface area contributed by atoms with Crippen molar-refractivity contribution in [3.05, 3.63) is 65.5 Å². The molecule has 0 unspecified atom stereocenters. The molecule has 0 saturated carbocycles. The molecule has 0 aliphatic carbocycles. The summed E-state index contributed by atoms with van der Waals surface area (Å²) in [6, 6.07) is 13.1. The first-order valence-corrected chi connectivity index (χ1v) is 10.7. The summed E-state index contributed by atoms with van der Waals surface area (Å²) in [5.41, 5.74) is 2.03. The zero-order valence-corrected chi connectivity index (χ0v) is 19.8. The van der Waals surface area contributed by atoms with Gasteiger partial charge < -0.3 is 10.6 Å². The molecule has 0 heterocycles.